The van der Waals surface area contributed by atoms with Gasteiger partial charge in [-0.25, -0.2) is 4.57 Å². The van der Waals surface area contributed by atoms with E-state index in [2.05, 4.69) is 0 Å². The zero-order chi connectivity index (χ0) is 9.00. The molecule has 0 rings (SSSR count). The van der Waals surface area contributed by atoms with Gasteiger partial charge in [0.1, 0.15) is 0 Å². The molecule has 0 aliphatic carbocycles. The Morgan fingerprint density at radius 3 is 0.800 bits per heavy atom. The van der Waals surface area contributed by atoms with Gasteiger partial charge in [0.15, 0.2) is 0 Å². The van der Waals surface area contributed by atoms with Crippen LogP contribution in [0.25, 0.3) is 0 Å². The minimum absolute atomic E-state index is 0. The molecule has 0 heterocycles. The van der Waals surface area contributed by atoms with E-state index in [1.54, 1.807) is 0 Å². The summed E-state index contributed by atoms with van der Waals surface area (Å²) in [5.41, 5.74) is 0. The topological polar surface area (TPSA) is 191 Å². The van der Waals surface area contributed by atoms with Crippen molar-refractivity contribution in [2.45, 2.75) is 0 Å². The largest absolute Gasteiger partial charge is 1.00 e. The van der Waals surface area contributed by atoms with Gasteiger partial charge >= 0.3 is 96.5 Å². The molecular weight excluding hydrogens is 310 g/mol. The molecule has 0 aromatic heterocycles. The zero-order valence-corrected chi connectivity index (χ0v) is 16.8. The van der Waals surface area contributed by atoms with E-state index < -0.39 is 15.6 Å². The summed E-state index contributed by atoms with van der Waals surface area (Å²) in [6, 6.07) is 0. The quantitative estimate of drug-likeness (QED) is 0.248. The van der Waals surface area contributed by atoms with Crippen LogP contribution in [0.3, 0.4) is 0 Å². The molecular formula is H6ClNa3O9P2. The summed E-state index contributed by atoms with van der Waals surface area (Å²) in [5, 5.41) is 0. The second-order valence-electron chi connectivity index (χ2n) is 0.982. The van der Waals surface area contributed by atoms with Crippen LogP contribution >= 0.6 is 28.1 Å². The van der Waals surface area contributed by atoms with Crippen LogP contribution in [-0.4, -0.2) is 25.0 Å². The summed E-state index contributed by atoms with van der Waals surface area (Å²) in [4.78, 5) is 45.8. The number of phosphoric acid groups is 2. The molecule has 0 radical (unpaired) electrons. The van der Waals surface area contributed by atoms with Crippen LogP contribution in [0.15, 0.2) is 0 Å². The second kappa shape index (κ2) is 19.8. The van der Waals surface area contributed by atoms with E-state index in [1.165, 1.54) is 0 Å². The summed E-state index contributed by atoms with van der Waals surface area (Å²) < 4.78 is 17.5. The van der Waals surface area contributed by atoms with Crippen molar-refractivity contribution < 1.29 is 133 Å². The Bertz CT molecular complexity index is 136. The smallest absolute Gasteiger partial charge is 0.870 e. The minimum atomic E-state index is -5.14. The Labute approximate surface area is 158 Å². The van der Waals surface area contributed by atoms with Crippen molar-refractivity contribution in [1.82, 2.24) is 0 Å². The van der Waals surface area contributed by atoms with Crippen molar-refractivity contribution in [3.05, 3.63) is 0 Å². The predicted molar refractivity (Wildman–Crippen MR) is 33.3 cm³/mol. The summed E-state index contributed by atoms with van der Waals surface area (Å²) in [7, 11) is -9.78. The first-order valence-electron chi connectivity index (χ1n) is 1.53. The first kappa shape index (κ1) is 42.8. The van der Waals surface area contributed by atoms with Crippen molar-refractivity contribution in [1.29, 1.82) is 0 Å². The van der Waals surface area contributed by atoms with Crippen molar-refractivity contribution in [2.24, 2.45) is 0 Å². The molecule has 0 aliphatic heterocycles. The van der Waals surface area contributed by atoms with Crippen molar-refractivity contribution in [3.8, 4) is 0 Å². The van der Waals surface area contributed by atoms with Crippen LogP contribution in [0, 0.1) is 0 Å². The molecule has 80 valence electrons. The predicted octanol–water partition coefficient (Wildman–Crippen LogP) is -11.9. The average Bonchev–Trinajstić information content (AvgIpc) is 1.12. The van der Waals surface area contributed by atoms with E-state index in [-0.39, 0.29) is 107 Å². The Morgan fingerprint density at radius 1 is 0.800 bits per heavy atom. The molecule has 5 N–H and O–H groups in total. The minimum Gasteiger partial charge on any atom is -0.870 e. The number of halogens is 1. The molecule has 0 aromatic carbocycles. The second-order valence-corrected chi connectivity index (χ2v) is 2.95. The molecule has 0 bridgehead atoms. The summed E-state index contributed by atoms with van der Waals surface area (Å²) in [6.07, 6.45) is 0. The maximum Gasteiger partial charge on any atom is 1.00 e. The molecule has 0 aromatic rings. The van der Waals surface area contributed by atoms with Gasteiger partial charge in [0, 0.05) is 0 Å². The Morgan fingerprint density at radius 2 is 0.800 bits per heavy atom. The maximum atomic E-state index is 8.88. The molecule has 15 heteroatoms. The van der Waals surface area contributed by atoms with Crippen LogP contribution in [0.2, 0.25) is 0 Å². The Kier molecular flexibility index (Phi) is 56.6. The van der Waals surface area contributed by atoms with Crippen molar-refractivity contribution in [2.75, 3.05) is 0 Å². The van der Waals surface area contributed by atoms with Crippen molar-refractivity contribution in [3.63, 3.8) is 0 Å². The van der Waals surface area contributed by atoms with Gasteiger partial charge < -0.3 is 39.4 Å². The van der Waals surface area contributed by atoms with E-state index in [1.807, 2.05) is 0 Å². The fraction of sp³-hybridized carbons (Fsp3) is 0. The molecule has 9 nitrogen and oxygen atoms in total. The van der Waals surface area contributed by atoms with Gasteiger partial charge in [-0.05, 0) is 0 Å². The third-order valence-corrected chi connectivity index (χ3v) is 0. The number of hydrogen-bond acceptors (Lipinski definition) is 5. The summed E-state index contributed by atoms with van der Waals surface area (Å²) >= 11 is 0. The molecule has 0 aliphatic rings. The summed E-state index contributed by atoms with van der Waals surface area (Å²) in [5.74, 6) is 0. The van der Waals surface area contributed by atoms with E-state index in [0.29, 0.717) is 0 Å². The van der Waals surface area contributed by atoms with Crippen LogP contribution < -0.4 is 98.5 Å². The molecule has 0 saturated heterocycles. The standard InChI is InChI=1S/ClH.3Na.2H3O4P.H2O/c;;;;2*1-5(2,3)4;/h1H;;;;2*(H3,1,2,3,4);1H2/q;3*+1;;;/p-3. The van der Waals surface area contributed by atoms with Crippen LogP contribution in [0.4, 0.5) is 0 Å². The van der Waals surface area contributed by atoms with Crippen LogP contribution in [-0.2, 0) is 9.13 Å². The van der Waals surface area contributed by atoms with E-state index >= 15 is 0 Å². The molecule has 0 fully saturated rings. The first-order chi connectivity index (χ1) is 4.00. The molecule has 0 spiro atoms. The monoisotopic (exact) mass is 316 g/mol. The molecule has 0 atom stereocenters. The molecule has 0 saturated carbocycles. The van der Waals surface area contributed by atoms with E-state index in [0.717, 1.165) is 0 Å². The van der Waals surface area contributed by atoms with Crippen molar-refractivity contribution >= 4 is 28.1 Å². The summed E-state index contributed by atoms with van der Waals surface area (Å²) in [6.45, 7) is 0. The zero-order valence-electron chi connectivity index (χ0n) is 8.17. The van der Waals surface area contributed by atoms with E-state index in [4.69, 9.17) is 38.5 Å². The maximum absolute atomic E-state index is 8.88. The Hall–Kier alpha value is 3.47. The molecule has 0 unspecified atom stereocenters. The third kappa shape index (κ3) is 347. The fourth-order valence-corrected chi connectivity index (χ4v) is 0. The van der Waals surface area contributed by atoms with Crippen LogP contribution in [0.5, 0.6) is 0 Å². The van der Waals surface area contributed by atoms with Gasteiger partial charge in [0.05, 0.1) is 7.82 Å². The van der Waals surface area contributed by atoms with Gasteiger partial charge in [0.2, 0.25) is 0 Å². The number of hydrogen-bond donors (Lipinski definition) is 4. The van der Waals surface area contributed by atoms with Gasteiger partial charge in [-0.3, -0.25) is 0 Å². The SMILES string of the molecule is Cl.O=P(O)(O)O.O=P([O-])([O-])O.[Na+].[Na+].[Na+].[OH-]. The molecule has 0 amide bonds. The van der Waals surface area contributed by atoms with Crippen LogP contribution in [0.1, 0.15) is 0 Å². The number of rotatable bonds is 0. The molecule has 15 heavy (non-hydrogen) atoms. The Balaban J connectivity index is -0.0000000128. The van der Waals surface area contributed by atoms with Gasteiger partial charge in [-0.1, -0.05) is 0 Å². The van der Waals surface area contributed by atoms with Gasteiger partial charge in [-0.15, -0.1) is 12.4 Å². The third-order valence-electron chi connectivity index (χ3n) is 0. The van der Waals surface area contributed by atoms with E-state index in [9.17, 15) is 0 Å². The van der Waals surface area contributed by atoms with Gasteiger partial charge in [0.25, 0.3) is 0 Å². The average molecular weight is 316 g/mol. The fourth-order valence-electron chi connectivity index (χ4n) is 0. The van der Waals surface area contributed by atoms with Gasteiger partial charge in [-0.2, -0.15) is 0 Å². The normalized spacial score (nSPS) is 7.87. The first-order valence-corrected chi connectivity index (χ1v) is 4.59.